The van der Waals surface area contributed by atoms with Gasteiger partial charge in [0.15, 0.2) is 5.13 Å². The van der Waals surface area contributed by atoms with Crippen molar-refractivity contribution in [1.82, 2.24) is 24.6 Å². The summed E-state index contributed by atoms with van der Waals surface area (Å²) < 4.78 is 7.26. The van der Waals surface area contributed by atoms with Crippen LogP contribution in [0.3, 0.4) is 0 Å². The van der Waals surface area contributed by atoms with Crippen molar-refractivity contribution in [3.63, 3.8) is 0 Å². The molecule has 0 atom stereocenters. The summed E-state index contributed by atoms with van der Waals surface area (Å²) in [5.41, 5.74) is 5.95. The highest BCUT2D eigenvalue weighted by atomic mass is 32.1. The maximum atomic E-state index is 12.5. The van der Waals surface area contributed by atoms with Crippen LogP contribution in [0.25, 0.3) is 17.0 Å². The molecule has 0 fully saturated rings. The second kappa shape index (κ2) is 7.49. The molecule has 1 aliphatic rings. The van der Waals surface area contributed by atoms with E-state index in [0.29, 0.717) is 23.8 Å². The van der Waals surface area contributed by atoms with Crippen LogP contribution < -0.4 is 10.1 Å². The van der Waals surface area contributed by atoms with E-state index in [2.05, 4.69) is 31.4 Å². The van der Waals surface area contributed by atoms with Crippen LogP contribution >= 0.6 is 11.3 Å². The lowest BCUT2D eigenvalue weighted by Gasteiger charge is -2.10. The van der Waals surface area contributed by atoms with Gasteiger partial charge < -0.3 is 10.1 Å². The zero-order valence-corrected chi connectivity index (χ0v) is 17.5. The fourth-order valence-electron chi connectivity index (χ4n) is 3.75. The first kappa shape index (κ1) is 18.7. The fraction of sp³-hybridized carbons (Fsp3) is 0.286. The lowest BCUT2D eigenvalue weighted by atomic mass is 10.1. The number of aryl methyl sites for hydroxylation is 2. The molecule has 0 unspecified atom stereocenters. The third-order valence-corrected chi connectivity index (χ3v) is 6.08. The maximum Gasteiger partial charge on any atom is 0.252 e. The summed E-state index contributed by atoms with van der Waals surface area (Å²) in [7, 11) is 0. The van der Waals surface area contributed by atoms with Crippen LogP contribution in [-0.2, 0) is 17.6 Å². The Morgan fingerprint density at radius 3 is 3.10 bits per heavy atom. The minimum absolute atomic E-state index is 0.0734. The second-order valence-electron chi connectivity index (χ2n) is 7.24. The highest BCUT2D eigenvalue weighted by Crippen LogP contribution is 2.32. The topological polar surface area (TPSA) is 94.3 Å². The summed E-state index contributed by atoms with van der Waals surface area (Å²) >= 11 is 1.43. The predicted molar refractivity (Wildman–Crippen MR) is 114 cm³/mol. The van der Waals surface area contributed by atoms with E-state index in [9.17, 15) is 4.79 Å². The zero-order valence-electron chi connectivity index (χ0n) is 16.7. The molecule has 152 valence electrons. The normalized spacial score (nSPS) is 12.7. The van der Waals surface area contributed by atoms with E-state index >= 15 is 0 Å². The SMILES string of the molecule is Cc1nc2ncnn2c(C)c1CCC(=O)Nc1nc(-c2ccc3c(c2)CCO3)cs1. The standard InChI is InChI=1S/C21H20N6O2S/c1-12-16(13(2)27-20(24-12)22-11-23-27)4-6-19(28)26-21-25-17(10-30-21)14-3-5-18-15(9-14)7-8-29-18/h3,5,9-11H,4,6-8H2,1-2H3,(H,25,26,28). The Kier molecular flexibility index (Phi) is 4.66. The van der Waals surface area contributed by atoms with Crippen LogP contribution in [0.2, 0.25) is 0 Å². The monoisotopic (exact) mass is 420 g/mol. The lowest BCUT2D eigenvalue weighted by molar-refractivity contribution is -0.116. The van der Waals surface area contributed by atoms with Crippen molar-refractivity contribution in [1.29, 1.82) is 0 Å². The molecule has 8 nitrogen and oxygen atoms in total. The molecule has 3 aromatic heterocycles. The van der Waals surface area contributed by atoms with Crippen molar-refractivity contribution in [2.24, 2.45) is 0 Å². The molecule has 0 saturated heterocycles. The third kappa shape index (κ3) is 3.41. The van der Waals surface area contributed by atoms with Crippen LogP contribution in [0.15, 0.2) is 29.9 Å². The Bertz CT molecular complexity index is 1260. The van der Waals surface area contributed by atoms with Crippen LogP contribution in [0.5, 0.6) is 5.75 Å². The second-order valence-corrected chi connectivity index (χ2v) is 8.10. The van der Waals surface area contributed by atoms with Gasteiger partial charge in [-0.3, -0.25) is 4.79 Å². The molecule has 4 heterocycles. The van der Waals surface area contributed by atoms with Gasteiger partial charge in [-0.25, -0.2) is 14.5 Å². The quantitative estimate of drug-likeness (QED) is 0.532. The van der Waals surface area contributed by atoms with Gasteiger partial charge in [-0.1, -0.05) is 0 Å². The highest BCUT2D eigenvalue weighted by molar-refractivity contribution is 7.14. The molecule has 1 amide bonds. The van der Waals surface area contributed by atoms with E-state index < -0.39 is 0 Å². The number of benzene rings is 1. The van der Waals surface area contributed by atoms with Crippen LogP contribution in [0.1, 0.15) is 28.9 Å². The third-order valence-electron chi connectivity index (χ3n) is 5.33. The molecule has 1 aliphatic heterocycles. The van der Waals surface area contributed by atoms with Gasteiger partial charge in [-0.2, -0.15) is 10.1 Å². The van der Waals surface area contributed by atoms with E-state index in [1.165, 1.54) is 23.2 Å². The van der Waals surface area contributed by atoms with E-state index in [4.69, 9.17) is 4.74 Å². The van der Waals surface area contributed by atoms with Gasteiger partial charge in [0, 0.05) is 35.2 Å². The van der Waals surface area contributed by atoms with Gasteiger partial charge >= 0.3 is 0 Å². The number of carbonyl (C=O) groups excluding carboxylic acids is 1. The van der Waals surface area contributed by atoms with Gasteiger partial charge in [-0.15, -0.1) is 11.3 Å². The Morgan fingerprint density at radius 2 is 2.20 bits per heavy atom. The van der Waals surface area contributed by atoms with Crippen molar-refractivity contribution in [2.45, 2.75) is 33.1 Å². The average Bonchev–Trinajstić information content (AvgIpc) is 3.47. The van der Waals surface area contributed by atoms with Gasteiger partial charge in [0.05, 0.1) is 12.3 Å². The van der Waals surface area contributed by atoms with E-state index in [1.54, 1.807) is 4.52 Å². The van der Waals surface area contributed by atoms with E-state index in [-0.39, 0.29) is 5.91 Å². The summed E-state index contributed by atoms with van der Waals surface area (Å²) in [5.74, 6) is 1.45. The van der Waals surface area contributed by atoms with E-state index in [1.807, 2.05) is 31.4 Å². The molecule has 0 radical (unpaired) electrons. The van der Waals surface area contributed by atoms with Gasteiger partial charge in [-0.05, 0) is 49.6 Å². The van der Waals surface area contributed by atoms with Crippen molar-refractivity contribution in [3.05, 3.63) is 52.4 Å². The molecular weight excluding hydrogens is 400 g/mol. The minimum Gasteiger partial charge on any atom is -0.493 e. The molecule has 0 saturated carbocycles. The van der Waals surface area contributed by atoms with Gasteiger partial charge in [0.1, 0.15) is 12.1 Å². The number of ether oxygens (including phenoxy) is 1. The Morgan fingerprint density at radius 1 is 1.30 bits per heavy atom. The number of aromatic nitrogens is 5. The molecule has 0 spiro atoms. The molecule has 9 heteroatoms. The van der Waals surface area contributed by atoms with Crippen molar-refractivity contribution in [3.8, 4) is 17.0 Å². The Balaban J connectivity index is 1.26. The number of nitrogens with zero attached hydrogens (tertiary/aromatic N) is 5. The van der Waals surface area contributed by atoms with E-state index in [0.717, 1.165) is 47.0 Å². The van der Waals surface area contributed by atoms with Crippen LogP contribution in [-0.4, -0.2) is 37.1 Å². The minimum atomic E-state index is -0.0734. The smallest absolute Gasteiger partial charge is 0.252 e. The highest BCUT2D eigenvalue weighted by Gasteiger charge is 2.16. The van der Waals surface area contributed by atoms with Gasteiger partial charge in [0.2, 0.25) is 5.91 Å². The predicted octanol–water partition coefficient (Wildman–Crippen LogP) is 3.37. The number of thiazole rings is 1. The largest absolute Gasteiger partial charge is 0.493 e. The lowest BCUT2D eigenvalue weighted by Crippen LogP contribution is -2.14. The fourth-order valence-corrected chi connectivity index (χ4v) is 4.48. The first-order valence-electron chi connectivity index (χ1n) is 9.76. The number of hydrogen-bond donors (Lipinski definition) is 1. The van der Waals surface area contributed by atoms with Crippen LogP contribution in [0, 0.1) is 13.8 Å². The molecule has 5 rings (SSSR count). The Labute approximate surface area is 177 Å². The molecule has 0 aliphatic carbocycles. The number of amides is 1. The Hall–Kier alpha value is -3.33. The average molecular weight is 420 g/mol. The van der Waals surface area contributed by atoms with Crippen molar-refractivity contribution >= 4 is 28.2 Å². The summed E-state index contributed by atoms with van der Waals surface area (Å²) in [6.07, 6.45) is 3.33. The number of nitrogens with one attached hydrogen (secondary N) is 1. The molecule has 0 bridgehead atoms. The summed E-state index contributed by atoms with van der Waals surface area (Å²) in [4.78, 5) is 25.7. The first-order chi connectivity index (χ1) is 14.6. The first-order valence-corrected chi connectivity index (χ1v) is 10.6. The maximum absolute atomic E-state index is 12.5. The molecule has 1 aromatic carbocycles. The van der Waals surface area contributed by atoms with Crippen molar-refractivity contribution < 1.29 is 9.53 Å². The summed E-state index contributed by atoms with van der Waals surface area (Å²) in [6.45, 7) is 4.64. The number of carbonyl (C=O) groups is 1. The summed E-state index contributed by atoms with van der Waals surface area (Å²) in [6, 6.07) is 6.10. The van der Waals surface area contributed by atoms with Gasteiger partial charge in [0.25, 0.3) is 5.78 Å². The zero-order chi connectivity index (χ0) is 20.7. The van der Waals surface area contributed by atoms with Crippen molar-refractivity contribution in [2.75, 3.05) is 11.9 Å². The molecule has 1 N–H and O–H groups in total. The van der Waals surface area contributed by atoms with Crippen LogP contribution in [0.4, 0.5) is 5.13 Å². The number of hydrogen-bond acceptors (Lipinski definition) is 7. The number of fused-ring (bicyclic) bond motifs is 2. The molecule has 4 aromatic rings. The number of anilines is 1. The number of rotatable bonds is 5. The summed E-state index contributed by atoms with van der Waals surface area (Å²) in [5, 5.41) is 9.67. The molecule has 30 heavy (non-hydrogen) atoms. The molecular formula is C21H20N6O2S.